The Morgan fingerprint density at radius 2 is 2.10 bits per heavy atom. The molecule has 0 aliphatic carbocycles. The molecular formula is C15H13BrFNO2. The molecule has 0 bridgehead atoms. The first kappa shape index (κ1) is 14.5. The Hall–Kier alpha value is -1.88. The summed E-state index contributed by atoms with van der Waals surface area (Å²) in [6.07, 6.45) is 0. The quantitative estimate of drug-likeness (QED) is 0.857. The summed E-state index contributed by atoms with van der Waals surface area (Å²) in [7, 11) is 1.44. The SMILES string of the molecule is COc1ccc(C(=O)Nc2cccc(CBr)c2)c(F)c1. The number of carbonyl (C=O) groups excluding carboxylic acids is 1. The van der Waals surface area contributed by atoms with E-state index in [0.29, 0.717) is 16.8 Å². The van der Waals surface area contributed by atoms with Crippen LogP contribution in [0.4, 0.5) is 10.1 Å². The zero-order valence-corrected chi connectivity index (χ0v) is 12.4. The van der Waals surface area contributed by atoms with Crippen LogP contribution in [-0.4, -0.2) is 13.0 Å². The standard InChI is InChI=1S/C15H13BrFNO2/c1-20-12-5-6-13(14(17)8-12)15(19)18-11-4-2-3-10(7-11)9-16/h2-8H,9H2,1H3,(H,18,19). The number of halogens is 2. The third-order valence-electron chi connectivity index (χ3n) is 2.76. The zero-order chi connectivity index (χ0) is 14.5. The summed E-state index contributed by atoms with van der Waals surface area (Å²) in [4.78, 5) is 12.0. The number of anilines is 1. The molecule has 2 aromatic rings. The second-order valence-electron chi connectivity index (χ2n) is 4.13. The molecule has 0 aliphatic rings. The number of ether oxygens (including phenoxy) is 1. The summed E-state index contributed by atoms with van der Waals surface area (Å²) in [5.74, 6) is -0.726. The van der Waals surface area contributed by atoms with Crippen LogP contribution < -0.4 is 10.1 Å². The van der Waals surface area contributed by atoms with Gasteiger partial charge in [0.25, 0.3) is 5.91 Å². The molecule has 3 nitrogen and oxygen atoms in total. The molecule has 0 aliphatic heterocycles. The second kappa shape index (κ2) is 6.52. The van der Waals surface area contributed by atoms with Crippen LogP contribution in [0.25, 0.3) is 0 Å². The number of methoxy groups -OCH3 is 1. The highest BCUT2D eigenvalue weighted by atomic mass is 79.9. The molecule has 0 fully saturated rings. The van der Waals surface area contributed by atoms with Crippen molar-refractivity contribution >= 4 is 27.5 Å². The molecule has 0 spiro atoms. The molecule has 0 unspecified atom stereocenters. The van der Waals surface area contributed by atoms with E-state index in [1.807, 2.05) is 18.2 Å². The highest BCUT2D eigenvalue weighted by Gasteiger charge is 2.12. The Labute approximate surface area is 124 Å². The Bertz CT molecular complexity index is 631. The molecule has 0 aromatic heterocycles. The fourth-order valence-electron chi connectivity index (χ4n) is 1.74. The Morgan fingerprint density at radius 1 is 1.30 bits per heavy atom. The number of alkyl halides is 1. The second-order valence-corrected chi connectivity index (χ2v) is 4.69. The van der Waals surface area contributed by atoms with Crippen molar-refractivity contribution in [2.24, 2.45) is 0 Å². The van der Waals surface area contributed by atoms with E-state index >= 15 is 0 Å². The Kier molecular flexibility index (Phi) is 4.74. The van der Waals surface area contributed by atoms with E-state index in [2.05, 4.69) is 21.2 Å². The average Bonchev–Trinajstić information content (AvgIpc) is 2.47. The van der Waals surface area contributed by atoms with Crippen molar-refractivity contribution in [1.82, 2.24) is 0 Å². The highest BCUT2D eigenvalue weighted by molar-refractivity contribution is 9.08. The largest absolute Gasteiger partial charge is 0.497 e. The molecule has 0 radical (unpaired) electrons. The number of benzene rings is 2. The van der Waals surface area contributed by atoms with Gasteiger partial charge in [-0.1, -0.05) is 28.1 Å². The lowest BCUT2D eigenvalue weighted by molar-refractivity contribution is 0.102. The number of nitrogens with one attached hydrogen (secondary N) is 1. The average molecular weight is 338 g/mol. The van der Waals surface area contributed by atoms with Crippen molar-refractivity contribution in [3.05, 3.63) is 59.4 Å². The van der Waals surface area contributed by atoms with Gasteiger partial charge in [-0.3, -0.25) is 4.79 Å². The third-order valence-corrected chi connectivity index (χ3v) is 3.41. The van der Waals surface area contributed by atoms with Crippen LogP contribution in [0.2, 0.25) is 0 Å². The normalized spacial score (nSPS) is 10.2. The third kappa shape index (κ3) is 3.36. The van der Waals surface area contributed by atoms with Crippen molar-refractivity contribution in [3.63, 3.8) is 0 Å². The van der Waals surface area contributed by atoms with E-state index in [-0.39, 0.29) is 5.56 Å². The Morgan fingerprint density at radius 3 is 2.75 bits per heavy atom. The van der Waals surface area contributed by atoms with Gasteiger partial charge in [-0.25, -0.2) is 4.39 Å². The lowest BCUT2D eigenvalue weighted by Gasteiger charge is -2.08. The lowest BCUT2D eigenvalue weighted by Crippen LogP contribution is -2.13. The summed E-state index contributed by atoms with van der Waals surface area (Å²) in [5, 5.41) is 3.36. The molecule has 0 saturated heterocycles. The fraction of sp³-hybridized carbons (Fsp3) is 0.133. The summed E-state index contributed by atoms with van der Waals surface area (Å²) in [5.41, 5.74) is 1.63. The van der Waals surface area contributed by atoms with E-state index in [0.717, 1.165) is 5.56 Å². The van der Waals surface area contributed by atoms with Crippen molar-refractivity contribution in [3.8, 4) is 5.75 Å². The van der Waals surface area contributed by atoms with Crippen molar-refractivity contribution < 1.29 is 13.9 Å². The van der Waals surface area contributed by atoms with Gasteiger partial charge in [0.15, 0.2) is 0 Å². The molecular weight excluding hydrogens is 325 g/mol. The maximum Gasteiger partial charge on any atom is 0.258 e. The number of hydrogen-bond donors (Lipinski definition) is 1. The van der Waals surface area contributed by atoms with Crippen molar-refractivity contribution in [2.75, 3.05) is 12.4 Å². The van der Waals surface area contributed by atoms with Crippen LogP contribution in [0.15, 0.2) is 42.5 Å². The first-order valence-electron chi connectivity index (χ1n) is 5.94. The molecule has 0 heterocycles. The molecule has 0 atom stereocenters. The summed E-state index contributed by atoms with van der Waals surface area (Å²) in [6, 6.07) is 11.5. The van der Waals surface area contributed by atoms with Crippen LogP contribution >= 0.6 is 15.9 Å². The number of rotatable bonds is 4. The molecule has 1 N–H and O–H groups in total. The predicted octanol–water partition coefficient (Wildman–Crippen LogP) is 3.98. The maximum absolute atomic E-state index is 13.8. The van der Waals surface area contributed by atoms with E-state index in [1.165, 1.54) is 19.2 Å². The Balaban J connectivity index is 2.19. The first-order valence-corrected chi connectivity index (χ1v) is 7.06. The van der Waals surface area contributed by atoms with E-state index in [1.54, 1.807) is 12.1 Å². The molecule has 104 valence electrons. The van der Waals surface area contributed by atoms with Crippen LogP contribution in [0.5, 0.6) is 5.75 Å². The van der Waals surface area contributed by atoms with Gasteiger partial charge in [-0.2, -0.15) is 0 Å². The molecule has 0 saturated carbocycles. The summed E-state index contributed by atoms with van der Waals surface area (Å²) < 4.78 is 18.7. The van der Waals surface area contributed by atoms with Crippen molar-refractivity contribution in [1.29, 1.82) is 0 Å². The summed E-state index contributed by atoms with van der Waals surface area (Å²) >= 11 is 3.34. The van der Waals surface area contributed by atoms with E-state index in [9.17, 15) is 9.18 Å². The lowest BCUT2D eigenvalue weighted by atomic mass is 10.1. The van der Waals surface area contributed by atoms with Gasteiger partial charge >= 0.3 is 0 Å². The van der Waals surface area contributed by atoms with Gasteiger partial charge in [0, 0.05) is 17.1 Å². The van der Waals surface area contributed by atoms with Crippen LogP contribution in [0, 0.1) is 5.82 Å². The molecule has 5 heteroatoms. The molecule has 2 aromatic carbocycles. The van der Waals surface area contributed by atoms with Gasteiger partial charge in [-0.05, 0) is 29.8 Å². The summed E-state index contributed by atoms with van der Waals surface area (Å²) in [6.45, 7) is 0. The van der Waals surface area contributed by atoms with Crippen LogP contribution in [0.1, 0.15) is 15.9 Å². The van der Waals surface area contributed by atoms with Gasteiger partial charge in [0.2, 0.25) is 0 Å². The van der Waals surface area contributed by atoms with E-state index in [4.69, 9.17) is 4.74 Å². The molecule has 2 rings (SSSR count). The van der Waals surface area contributed by atoms with Gasteiger partial charge in [0.05, 0.1) is 12.7 Å². The predicted molar refractivity (Wildman–Crippen MR) is 80.0 cm³/mol. The minimum atomic E-state index is -0.613. The zero-order valence-electron chi connectivity index (χ0n) is 10.8. The fourth-order valence-corrected chi connectivity index (χ4v) is 2.09. The van der Waals surface area contributed by atoms with Crippen LogP contribution in [0.3, 0.4) is 0 Å². The van der Waals surface area contributed by atoms with Gasteiger partial charge in [-0.15, -0.1) is 0 Å². The van der Waals surface area contributed by atoms with Crippen molar-refractivity contribution in [2.45, 2.75) is 5.33 Å². The molecule has 20 heavy (non-hydrogen) atoms. The monoisotopic (exact) mass is 337 g/mol. The number of carbonyl (C=O) groups is 1. The van der Waals surface area contributed by atoms with Crippen LogP contribution in [-0.2, 0) is 5.33 Å². The van der Waals surface area contributed by atoms with Gasteiger partial charge < -0.3 is 10.1 Å². The highest BCUT2D eigenvalue weighted by Crippen LogP contribution is 2.19. The minimum absolute atomic E-state index is 0.0185. The van der Waals surface area contributed by atoms with Gasteiger partial charge in [0.1, 0.15) is 11.6 Å². The number of hydrogen-bond acceptors (Lipinski definition) is 2. The maximum atomic E-state index is 13.8. The number of amides is 1. The molecule has 1 amide bonds. The minimum Gasteiger partial charge on any atom is -0.497 e. The topological polar surface area (TPSA) is 38.3 Å². The first-order chi connectivity index (χ1) is 9.63. The smallest absolute Gasteiger partial charge is 0.258 e. The van der Waals surface area contributed by atoms with E-state index < -0.39 is 11.7 Å².